The quantitative estimate of drug-likeness (QED) is 0.839. The summed E-state index contributed by atoms with van der Waals surface area (Å²) in [6, 6.07) is 9.95. The summed E-state index contributed by atoms with van der Waals surface area (Å²) in [6.07, 6.45) is 9.45. The first kappa shape index (κ1) is 14.4. The summed E-state index contributed by atoms with van der Waals surface area (Å²) in [5.74, 6) is 0.866. The summed E-state index contributed by atoms with van der Waals surface area (Å²) in [6.45, 7) is 0.638. The Morgan fingerprint density at radius 1 is 1.14 bits per heavy atom. The first-order chi connectivity index (χ1) is 10.3. The number of rotatable bonds is 4. The van der Waals surface area contributed by atoms with Crippen LogP contribution in [0.15, 0.2) is 24.3 Å². The number of ether oxygens (including phenoxy) is 2. The summed E-state index contributed by atoms with van der Waals surface area (Å²) in [4.78, 5) is 0. The zero-order valence-corrected chi connectivity index (χ0v) is 12.5. The molecule has 1 heterocycles. The van der Waals surface area contributed by atoms with Crippen molar-refractivity contribution in [3.63, 3.8) is 0 Å². The van der Waals surface area contributed by atoms with E-state index >= 15 is 0 Å². The van der Waals surface area contributed by atoms with Crippen molar-refractivity contribution in [2.45, 2.75) is 63.1 Å². The van der Waals surface area contributed by atoms with Crippen molar-refractivity contribution < 1.29 is 9.47 Å². The van der Waals surface area contributed by atoms with Crippen molar-refractivity contribution in [1.29, 1.82) is 5.26 Å². The molecule has 1 aliphatic carbocycles. The first-order valence-corrected chi connectivity index (χ1v) is 8.06. The molecule has 1 aromatic carbocycles. The second-order valence-corrected chi connectivity index (χ2v) is 6.31. The largest absolute Gasteiger partial charge is 0.491 e. The van der Waals surface area contributed by atoms with Crippen molar-refractivity contribution in [2.75, 3.05) is 6.61 Å². The number of hydrogen-bond acceptors (Lipinski definition) is 3. The second kappa shape index (κ2) is 6.49. The monoisotopic (exact) mass is 285 g/mol. The third kappa shape index (κ3) is 3.57. The van der Waals surface area contributed by atoms with E-state index in [4.69, 9.17) is 14.7 Å². The molecule has 112 valence electrons. The van der Waals surface area contributed by atoms with Gasteiger partial charge in [-0.2, -0.15) is 5.26 Å². The van der Waals surface area contributed by atoms with Crippen LogP contribution in [0, 0.1) is 11.3 Å². The van der Waals surface area contributed by atoms with Crippen LogP contribution in [0.25, 0.3) is 0 Å². The van der Waals surface area contributed by atoms with Crippen LogP contribution in [0.1, 0.15) is 50.5 Å². The summed E-state index contributed by atoms with van der Waals surface area (Å²) >= 11 is 0. The topological polar surface area (TPSA) is 42.2 Å². The van der Waals surface area contributed by atoms with E-state index in [9.17, 15) is 0 Å². The molecule has 2 aliphatic rings. The normalized spacial score (nSPS) is 23.9. The van der Waals surface area contributed by atoms with E-state index < -0.39 is 0 Å². The lowest BCUT2D eigenvalue weighted by molar-refractivity contribution is -0.0748. The van der Waals surface area contributed by atoms with Gasteiger partial charge in [-0.15, -0.1) is 0 Å². The van der Waals surface area contributed by atoms with E-state index in [-0.39, 0.29) is 11.7 Å². The lowest BCUT2D eigenvalue weighted by Crippen LogP contribution is -2.32. The third-order valence-corrected chi connectivity index (χ3v) is 4.75. The van der Waals surface area contributed by atoms with Crippen LogP contribution in [0.4, 0.5) is 0 Å². The Balaban J connectivity index is 1.48. The Morgan fingerprint density at radius 3 is 2.62 bits per heavy atom. The Labute approximate surface area is 126 Å². The minimum absolute atomic E-state index is 0.170. The van der Waals surface area contributed by atoms with Crippen molar-refractivity contribution in [3.8, 4) is 11.8 Å². The lowest BCUT2D eigenvalue weighted by Gasteiger charge is -2.33. The predicted octanol–water partition coefficient (Wildman–Crippen LogP) is 4.01. The van der Waals surface area contributed by atoms with Crippen molar-refractivity contribution >= 4 is 0 Å². The fraction of sp³-hybridized carbons (Fsp3) is 0.611. The van der Waals surface area contributed by atoms with Gasteiger partial charge in [0.25, 0.3) is 0 Å². The van der Waals surface area contributed by atoms with E-state index in [1.54, 1.807) is 0 Å². The van der Waals surface area contributed by atoms with E-state index in [1.807, 2.05) is 24.3 Å². The minimum atomic E-state index is 0.170. The van der Waals surface area contributed by atoms with Gasteiger partial charge >= 0.3 is 0 Å². The highest BCUT2D eigenvalue weighted by Crippen LogP contribution is 2.41. The molecular formula is C18H23NO2. The molecule has 0 amide bonds. The van der Waals surface area contributed by atoms with Crippen LogP contribution in [0.3, 0.4) is 0 Å². The maximum Gasteiger partial charge on any atom is 0.119 e. The van der Waals surface area contributed by atoms with Gasteiger partial charge in [0.15, 0.2) is 0 Å². The van der Waals surface area contributed by atoms with E-state index in [0.29, 0.717) is 13.0 Å². The molecule has 0 radical (unpaired) electrons. The maximum atomic E-state index is 8.66. The number of benzene rings is 1. The smallest absolute Gasteiger partial charge is 0.119 e. The predicted molar refractivity (Wildman–Crippen MR) is 81.2 cm³/mol. The van der Waals surface area contributed by atoms with Crippen LogP contribution >= 0.6 is 0 Å². The molecule has 1 saturated carbocycles. The molecule has 1 spiro atoms. The van der Waals surface area contributed by atoms with Gasteiger partial charge in [0, 0.05) is 0 Å². The van der Waals surface area contributed by atoms with Gasteiger partial charge in [0.2, 0.25) is 0 Å². The molecule has 3 nitrogen and oxygen atoms in total. The SMILES string of the molecule is N#CCc1ccc(OCC2CCC3(CCCCC3)O2)cc1. The molecule has 21 heavy (non-hydrogen) atoms. The molecule has 1 atom stereocenters. The third-order valence-electron chi connectivity index (χ3n) is 4.75. The van der Waals surface area contributed by atoms with Gasteiger partial charge in [0.1, 0.15) is 12.4 Å². The Kier molecular flexibility index (Phi) is 4.45. The van der Waals surface area contributed by atoms with Crippen molar-refractivity contribution in [2.24, 2.45) is 0 Å². The van der Waals surface area contributed by atoms with Crippen LogP contribution in [-0.2, 0) is 11.2 Å². The Bertz CT molecular complexity index is 497. The standard InChI is InChI=1S/C18H23NO2/c19-13-9-15-4-6-16(7-5-15)20-14-17-8-12-18(21-17)10-2-1-3-11-18/h4-7,17H,1-3,8-12,14H2. The van der Waals surface area contributed by atoms with Crippen LogP contribution in [0.5, 0.6) is 5.75 Å². The molecule has 2 fully saturated rings. The van der Waals surface area contributed by atoms with Gasteiger partial charge in [-0.1, -0.05) is 31.4 Å². The molecule has 0 aromatic heterocycles. The highest BCUT2D eigenvalue weighted by atomic mass is 16.6. The van der Waals surface area contributed by atoms with E-state index in [1.165, 1.54) is 38.5 Å². The van der Waals surface area contributed by atoms with Crippen LogP contribution in [0.2, 0.25) is 0 Å². The fourth-order valence-electron chi connectivity index (χ4n) is 3.56. The van der Waals surface area contributed by atoms with Crippen molar-refractivity contribution in [1.82, 2.24) is 0 Å². The molecular weight excluding hydrogens is 262 g/mol. The number of nitrogens with zero attached hydrogens (tertiary/aromatic N) is 1. The zero-order valence-electron chi connectivity index (χ0n) is 12.5. The Morgan fingerprint density at radius 2 is 1.90 bits per heavy atom. The summed E-state index contributed by atoms with van der Waals surface area (Å²) in [7, 11) is 0. The van der Waals surface area contributed by atoms with E-state index in [0.717, 1.165) is 17.7 Å². The fourth-order valence-corrected chi connectivity index (χ4v) is 3.56. The Hall–Kier alpha value is -1.53. The van der Waals surface area contributed by atoms with Gasteiger partial charge < -0.3 is 9.47 Å². The van der Waals surface area contributed by atoms with Gasteiger partial charge in [-0.3, -0.25) is 0 Å². The van der Waals surface area contributed by atoms with Gasteiger partial charge in [0.05, 0.1) is 24.2 Å². The number of hydrogen-bond donors (Lipinski definition) is 0. The molecule has 1 aliphatic heterocycles. The molecule has 1 aromatic rings. The second-order valence-electron chi connectivity index (χ2n) is 6.31. The van der Waals surface area contributed by atoms with Gasteiger partial charge in [-0.05, 0) is 43.4 Å². The number of nitriles is 1. The molecule has 0 N–H and O–H groups in total. The lowest BCUT2D eigenvalue weighted by atomic mass is 9.83. The molecule has 1 unspecified atom stereocenters. The van der Waals surface area contributed by atoms with Gasteiger partial charge in [-0.25, -0.2) is 0 Å². The highest BCUT2D eigenvalue weighted by molar-refractivity contribution is 5.28. The van der Waals surface area contributed by atoms with E-state index in [2.05, 4.69) is 6.07 Å². The molecule has 3 rings (SSSR count). The summed E-state index contributed by atoms with van der Waals surface area (Å²) in [5, 5.41) is 8.66. The molecule has 1 saturated heterocycles. The summed E-state index contributed by atoms with van der Waals surface area (Å²) in [5.41, 5.74) is 1.20. The zero-order chi connectivity index (χ0) is 14.5. The van der Waals surface area contributed by atoms with Crippen LogP contribution < -0.4 is 4.74 Å². The molecule has 0 bridgehead atoms. The van der Waals surface area contributed by atoms with Crippen molar-refractivity contribution in [3.05, 3.63) is 29.8 Å². The first-order valence-electron chi connectivity index (χ1n) is 8.06. The average molecular weight is 285 g/mol. The maximum absolute atomic E-state index is 8.66. The van der Waals surface area contributed by atoms with Crippen LogP contribution in [-0.4, -0.2) is 18.3 Å². The molecule has 3 heteroatoms. The highest BCUT2D eigenvalue weighted by Gasteiger charge is 2.40. The summed E-state index contributed by atoms with van der Waals surface area (Å²) < 4.78 is 12.2. The average Bonchev–Trinajstić information content (AvgIpc) is 2.90. The minimum Gasteiger partial charge on any atom is -0.491 e.